The van der Waals surface area contributed by atoms with Crippen molar-refractivity contribution in [3.05, 3.63) is 24.0 Å². The van der Waals surface area contributed by atoms with Crippen molar-refractivity contribution in [1.82, 2.24) is 9.29 Å². The molecule has 0 saturated carbocycles. The van der Waals surface area contributed by atoms with Crippen LogP contribution in [0.5, 0.6) is 0 Å². The van der Waals surface area contributed by atoms with Gasteiger partial charge in [0.15, 0.2) is 0 Å². The van der Waals surface area contributed by atoms with E-state index in [2.05, 4.69) is 16.8 Å². The molecule has 0 spiro atoms. The number of ether oxygens (including phenoxy) is 1. The molecule has 21 heavy (non-hydrogen) atoms. The number of nitrogens with zero attached hydrogens (tertiary/aromatic N) is 2. The summed E-state index contributed by atoms with van der Waals surface area (Å²) in [6, 6.07) is 1.36. The van der Waals surface area contributed by atoms with E-state index in [0.717, 1.165) is 0 Å². The molecule has 2 heterocycles. The highest BCUT2D eigenvalue weighted by atomic mass is 32.2. The molecule has 0 amide bonds. The molecule has 1 N–H and O–H groups in total. The van der Waals surface area contributed by atoms with Gasteiger partial charge in [-0.25, -0.2) is 8.42 Å². The molecule has 0 aromatic carbocycles. The summed E-state index contributed by atoms with van der Waals surface area (Å²) in [5.41, 5.74) is 0.514. The van der Waals surface area contributed by atoms with E-state index in [4.69, 9.17) is 9.84 Å². The molecule has 1 aliphatic rings. The second-order valence-electron chi connectivity index (χ2n) is 4.72. The lowest BCUT2D eigenvalue weighted by Crippen LogP contribution is -2.37. The Hall–Kier alpha value is -1.46. The zero-order chi connectivity index (χ0) is 15.3. The zero-order valence-corrected chi connectivity index (χ0v) is 12.6. The number of hydrogen-bond donors (Lipinski definition) is 1. The summed E-state index contributed by atoms with van der Waals surface area (Å²) < 4.78 is 31.7. The second kappa shape index (κ2) is 7.00. The minimum Gasteiger partial charge on any atom is -0.395 e. The van der Waals surface area contributed by atoms with E-state index in [-0.39, 0.29) is 17.5 Å². The third kappa shape index (κ3) is 3.80. The minimum atomic E-state index is -3.60. The number of rotatable bonds is 4. The second-order valence-corrected chi connectivity index (χ2v) is 6.72. The van der Waals surface area contributed by atoms with Crippen LogP contribution in [0.4, 0.5) is 0 Å². The number of likely N-dealkylation sites (N-methyl/N-ethyl adjacent to an activating group) is 1. The fourth-order valence-corrected chi connectivity index (χ4v) is 3.38. The molecule has 114 valence electrons. The number of aliphatic hydroxyl groups excluding tert-OH is 1. The summed E-state index contributed by atoms with van der Waals surface area (Å²) in [5.74, 6) is 5.53. The first-order valence-electron chi connectivity index (χ1n) is 6.66. The highest BCUT2D eigenvalue weighted by molar-refractivity contribution is 7.89. The fraction of sp³-hybridized carbons (Fsp3) is 0.500. The molecule has 1 saturated heterocycles. The molecule has 0 bridgehead atoms. The van der Waals surface area contributed by atoms with Crippen molar-refractivity contribution in [3.8, 4) is 11.8 Å². The van der Waals surface area contributed by atoms with Gasteiger partial charge in [-0.1, -0.05) is 11.8 Å². The van der Waals surface area contributed by atoms with Gasteiger partial charge in [0.25, 0.3) is 0 Å². The lowest BCUT2D eigenvalue weighted by molar-refractivity contribution is 0.181. The third-order valence-corrected chi connectivity index (χ3v) is 5.15. The Morgan fingerprint density at radius 2 is 2.33 bits per heavy atom. The quantitative estimate of drug-likeness (QED) is 0.805. The molecule has 1 fully saturated rings. The molecular formula is C14H18N2O4S. The Balaban J connectivity index is 2.24. The monoisotopic (exact) mass is 310 g/mol. The van der Waals surface area contributed by atoms with Crippen LogP contribution in [0.1, 0.15) is 18.4 Å². The van der Waals surface area contributed by atoms with Gasteiger partial charge >= 0.3 is 0 Å². The van der Waals surface area contributed by atoms with Crippen LogP contribution in [0, 0.1) is 11.8 Å². The molecular weight excluding hydrogens is 292 g/mol. The van der Waals surface area contributed by atoms with Crippen LogP contribution in [-0.4, -0.2) is 55.7 Å². The van der Waals surface area contributed by atoms with Gasteiger partial charge in [0.1, 0.15) is 4.90 Å². The van der Waals surface area contributed by atoms with E-state index >= 15 is 0 Å². The van der Waals surface area contributed by atoms with Crippen molar-refractivity contribution in [3.63, 3.8) is 0 Å². The van der Waals surface area contributed by atoms with Gasteiger partial charge < -0.3 is 9.84 Å². The molecule has 0 aliphatic carbocycles. The Kier molecular flexibility index (Phi) is 5.31. The lowest BCUT2D eigenvalue weighted by atomic mass is 10.3. The number of pyridine rings is 1. The number of aromatic nitrogens is 1. The van der Waals surface area contributed by atoms with Gasteiger partial charge in [-0.3, -0.25) is 4.98 Å². The molecule has 1 unspecified atom stereocenters. The molecule has 1 aliphatic heterocycles. The van der Waals surface area contributed by atoms with Crippen molar-refractivity contribution >= 4 is 10.0 Å². The summed E-state index contributed by atoms with van der Waals surface area (Å²) in [4.78, 5) is 4.05. The number of hydrogen-bond acceptors (Lipinski definition) is 5. The van der Waals surface area contributed by atoms with E-state index in [1.165, 1.54) is 22.8 Å². The van der Waals surface area contributed by atoms with Crippen LogP contribution < -0.4 is 0 Å². The topological polar surface area (TPSA) is 79.7 Å². The number of sulfonamides is 1. The Bertz CT molecular complexity index is 642. The van der Waals surface area contributed by atoms with E-state index < -0.39 is 10.0 Å². The van der Waals surface area contributed by atoms with Crippen LogP contribution in [0.3, 0.4) is 0 Å². The Morgan fingerprint density at radius 3 is 3.00 bits per heavy atom. The van der Waals surface area contributed by atoms with Gasteiger partial charge in [-0.05, 0) is 12.5 Å². The highest BCUT2D eigenvalue weighted by Gasteiger charge is 2.30. The first-order chi connectivity index (χ1) is 10.1. The summed E-state index contributed by atoms with van der Waals surface area (Å²) in [6.45, 7) is 0.970. The summed E-state index contributed by atoms with van der Waals surface area (Å²) in [6.07, 6.45) is 3.86. The van der Waals surface area contributed by atoms with Crippen molar-refractivity contribution in [2.24, 2.45) is 0 Å². The van der Waals surface area contributed by atoms with Gasteiger partial charge in [0, 0.05) is 38.0 Å². The largest absolute Gasteiger partial charge is 0.395 e. The van der Waals surface area contributed by atoms with Crippen LogP contribution in [0.2, 0.25) is 0 Å². The zero-order valence-electron chi connectivity index (χ0n) is 11.8. The maximum absolute atomic E-state index is 12.5. The SMILES string of the molecule is CN(C1CCOC1)S(=O)(=O)c1cncc(C#CCCO)c1. The third-order valence-electron chi connectivity index (χ3n) is 3.28. The van der Waals surface area contributed by atoms with E-state index in [9.17, 15) is 8.42 Å². The van der Waals surface area contributed by atoms with Gasteiger partial charge in [-0.15, -0.1) is 0 Å². The van der Waals surface area contributed by atoms with E-state index in [0.29, 0.717) is 31.6 Å². The first kappa shape index (κ1) is 15.9. The van der Waals surface area contributed by atoms with Crippen LogP contribution in [0.25, 0.3) is 0 Å². The van der Waals surface area contributed by atoms with Gasteiger partial charge in [0.05, 0.1) is 19.3 Å². The summed E-state index contributed by atoms with van der Waals surface area (Å²) >= 11 is 0. The van der Waals surface area contributed by atoms with Crippen molar-refractivity contribution in [2.75, 3.05) is 26.9 Å². The molecule has 6 nitrogen and oxygen atoms in total. The van der Waals surface area contributed by atoms with Gasteiger partial charge in [0.2, 0.25) is 10.0 Å². The van der Waals surface area contributed by atoms with Crippen LogP contribution in [-0.2, 0) is 14.8 Å². The maximum atomic E-state index is 12.5. The lowest BCUT2D eigenvalue weighted by Gasteiger charge is -2.22. The normalized spacial score (nSPS) is 18.5. The average Bonchev–Trinajstić information content (AvgIpc) is 3.01. The summed E-state index contributed by atoms with van der Waals surface area (Å²) in [7, 11) is -2.05. The van der Waals surface area contributed by atoms with Crippen molar-refractivity contribution in [2.45, 2.75) is 23.8 Å². The van der Waals surface area contributed by atoms with E-state index in [1.807, 2.05) is 0 Å². The van der Waals surface area contributed by atoms with Crippen LogP contribution >= 0.6 is 0 Å². The molecule has 1 aromatic heterocycles. The van der Waals surface area contributed by atoms with Gasteiger partial charge in [-0.2, -0.15) is 4.31 Å². The van der Waals surface area contributed by atoms with Crippen molar-refractivity contribution in [1.29, 1.82) is 0 Å². The predicted octanol–water partition coefficient (Wildman–Crippen LogP) is 0.225. The van der Waals surface area contributed by atoms with Crippen molar-refractivity contribution < 1.29 is 18.3 Å². The molecule has 7 heteroatoms. The summed E-state index contributed by atoms with van der Waals surface area (Å²) in [5, 5.41) is 8.69. The minimum absolute atomic E-state index is 0.0250. The highest BCUT2D eigenvalue weighted by Crippen LogP contribution is 2.20. The Labute approximate surface area is 124 Å². The first-order valence-corrected chi connectivity index (χ1v) is 8.10. The molecule has 2 rings (SSSR count). The van der Waals surface area contributed by atoms with Crippen LogP contribution in [0.15, 0.2) is 23.4 Å². The predicted molar refractivity (Wildman–Crippen MR) is 77.0 cm³/mol. The smallest absolute Gasteiger partial charge is 0.244 e. The molecule has 0 radical (unpaired) electrons. The maximum Gasteiger partial charge on any atom is 0.244 e. The molecule has 1 atom stereocenters. The number of aliphatic hydroxyl groups is 1. The average molecular weight is 310 g/mol. The molecule has 1 aromatic rings. The Morgan fingerprint density at radius 1 is 1.52 bits per heavy atom. The van der Waals surface area contributed by atoms with E-state index in [1.54, 1.807) is 7.05 Å². The fourth-order valence-electron chi connectivity index (χ4n) is 2.02. The standard InChI is InChI=1S/C14H18N2O4S/c1-16(13-5-7-20-11-13)21(18,19)14-8-12(9-15-10-14)4-2-3-6-17/h8-10,13,17H,3,5-7,11H2,1H3.